The molecule has 0 bridgehead atoms. The second-order valence-electron chi connectivity index (χ2n) is 4.58. The minimum Gasteiger partial charge on any atom is -0.388 e. The normalized spacial score (nSPS) is 23.9. The highest BCUT2D eigenvalue weighted by Crippen LogP contribution is 2.39. The highest BCUT2D eigenvalue weighted by molar-refractivity contribution is 5.98. The summed E-state index contributed by atoms with van der Waals surface area (Å²) in [4.78, 5) is 13.8. The lowest BCUT2D eigenvalue weighted by Gasteiger charge is -2.32. The van der Waals surface area contributed by atoms with E-state index in [1.165, 1.54) is 5.56 Å². The molecule has 2 aliphatic rings. The van der Waals surface area contributed by atoms with Crippen LogP contribution in [-0.2, 0) is 11.2 Å². The molecule has 0 aromatic heterocycles. The van der Waals surface area contributed by atoms with Gasteiger partial charge in [0.15, 0.2) is 0 Å². The van der Waals surface area contributed by atoms with Crippen LogP contribution in [0.4, 0.5) is 5.69 Å². The van der Waals surface area contributed by atoms with Gasteiger partial charge in [0.25, 0.3) is 0 Å². The van der Waals surface area contributed by atoms with Gasteiger partial charge < -0.3 is 10.0 Å². The van der Waals surface area contributed by atoms with E-state index in [2.05, 4.69) is 6.07 Å². The summed E-state index contributed by atoms with van der Waals surface area (Å²) in [6.07, 6.45) is 2.80. The van der Waals surface area contributed by atoms with Crippen LogP contribution >= 0.6 is 0 Å². The number of aliphatic hydroxyl groups excluding tert-OH is 1. The van der Waals surface area contributed by atoms with E-state index >= 15 is 0 Å². The van der Waals surface area contributed by atoms with Crippen molar-refractivity contribution < 1.29 is 9.90 Å². The van der Waals surface area contributed by atoms with Crippen molar-refractivity contribution >= 4 is 11.6 Å². The molecule has 0 fully saturated rings. The zero-order valence-corrected chi connectivity index (χ0v) is 9.15. The number of rotatable bonds is 0. The maximum absolute atomic E-state index is 11.9. The fourth-order valence-corrected chi connectivity index (χ4v) is 2.74. The molecule has 1 amide bonds. The van der Waals surface area contributed by atoms with Crippen molar-refractivity contribution in [1.82, 2.24) is 0 Å². The maximum atomic E-state index is 11.9. The van der Waals surface area contributed by atoms with E-state index in [0.717, 1.165) is 37.1 Å². The maximum Gasteiger partial charge on any atom is 0.229 e. The van der Waals surface area contributed by atoms with Gasteiger partial charge in [-0.15, -0.1) is 0 Å². The summed E-state index contributed by atoms with van der Waals surface area (Å²) in [6.45, 7) is 0.801. The molecule has 1 unspecified atom stereocenters. The summed E-state index contributed by atoms with van der Waals surface area (Å²) in [5.74, 6) is 0.0642. The van der Waals surface area contributed by atoms with Gasteiger partial charge in [0.2, 0.25) is 5.91 Å². The van der Waals surface area contributed by atoms with Gasteiger partial charge in [-0.3, -0.25) is 4.79 Å². The molecule has 3 heteroatoms. The zero-order valence-electron chi connectivity index (χ0n) is 9.15. The average molecular weight is 217 g/mol. The topological polar surface area (TPSA) is 40.5 Å². The van der Waals surface area contributed by atoms with E-state index < -0.39 is 6.10 Å². The molecule has 1 atom stereocenters. The number of nitrogens with zero attached hydrogens (tertiary/aromatic N) is 1. The molecule has 0 spiro atoms. The molecular weight excluding hydrogens is 202 g/mol. The summed E-state index contributed by atoms with van der Waals surface area (Å²) >= 11 is 0. The lowest BCUT2D eigenvalue weighted by atomic mass is 9.94. The van der Waals surface area contributed by atoms with Crippen LogP contribution in [0.15, 0.2) is 18.2 Å². The van der Waals surface area contributed by atoms with E-state index in [1.807, 2.05) is 17.0 Å². The van der Waals surface area contributed by atoms with E-state index in [1.54, 1.807) is 0 Å². The van der Waals surface area contributed by atoms with Gasteiger partial charge >= 0.3 is 0 Å². The Kier molecular flexibility index (Phi) is 2.21. The van der Waals surface area contributed by atoms with Crippen molar-refractivity contribution in [2.75, 3.05) is 11.4 Å². The Bertz CT molecular complexity index is 442. The summed E-state index contributed by atoms with van der Waals surface area (Å²) in [6, 6.07) is 5.99. The van der Waals surface area contributed by atoms with E-state index in [-0.39, 0.29) is 12.3 Å². The van der Waals surface area contributed by atoms with Crippen molar-refractivity contribution in [1.29, 1.82) is 0 Å². The number of aryl methyl sites for hydroxylation is 1. The predicted octanol–water partition coefficient (Wildman–Crippen LogP) is 1.79. The van der Waals surface area contributed by atoms with Gasteiger partial charge in [-0.05, 0) is 24.8 Å². The van der Waals surface area contributed by atoms with E-state index in [0.29, 0.717) is 0 Å². The first-order chi connectivity index (χ1) is 7.77. The van der Waals surface area contributed by atoms with Crippen molar-refractivity contribution in [3.8, 4) is 0 Å². The summed E-state index contributed by atoms with van der Waals surface area (Å²) < 4.78 is 0. The van der Waals surface area contributed by atoms with Crippen LogP contribution in [0.25, 0.3) is 0 Å². The molecule has 3 nitrogen and oxygen atoms in total. The number of amides is 1. The number of carbonyl (C=O) groups excluding carboxylic acids is 1. The van der Waals surface area contributed by atoms with Gasteiger partial charge in [-0.2, -0.15) is 0 Å². The molecule has 0 radical (unpaired) electrons. The second kappa shape index (κ2) is 3.59. The standard InChI is InChI=1S/C13H15NO2/c15-11-8-12(16)14-7-2-1-4-9-5-3-6-10(11)13(9)14/h3,5-6,11,15H,1-2,4,7-8H2. The zero-order chi connectivity index (χ0) is 11.1. The number of para-hydroxylation sites is 1. The number of aliphatic hydroxyl groups is 1. The van der Waals surface area contributed by atoms with Crippen molar-refractivity contribution in [3.05, 3.63) is 29.3 Å². The van der Waals surface area contributed by atoms with E-state index in [4.69, 9.17) is 0 Å². The molecular formula is C13H15NO2. The molecule has 0 aliphatic carbocycles. The first-order valence-electron chi connectivity index (χ1n) is 5.87. The Morgan fingerprint density at radius 3 is 3.06 bits per heavy atom. The SMILES string of the molecule is O=C1CC(O)c2cccc3c2N1CCCC3. The number of hydrogen-bond acceptors (Lipinski definition) is 2. The highest BCUT2D eigenvalue weighted by Gasteiger charge is 2.32. The number of carbonyl (C=O) groups is 1. The predicted molar refractivity (Wildman–Crippen MR) is 61.3 cm³/mol. The third-order valence-corrected chi connectivity index (χ3v) is 3.53. The van der Waals surface area contributed by atoms with Crippen LogP contribution in [0.3, 0.4) is 0 Å². The lowest BCUT2D eigenvalue weighted by Crippen LogP contribution is -2.37. The molecule has 2 aliphatic heterocycles. The fraction of sp³-hybridized carbons (Fsp3) is 0.462. The summed E-state index contributed by atoms with van der Waals surface area (Å²) in [5, 5.41) is 9.94. The molecule has 1 aromatic rings. The third kappa shape index (κ3) is 1.35. The van der Waals surface area contributed by atoms with Gasteiger partial charge in [0.1, 0.15) is 0 Å². The lowest BCUT2D eigenvalue weighted by molar-refractivity contribution is -0.121. The number of benzene rings is 1. The monoisotopic (exact) mass is 217 g/mol. The van der Waals surface area contributed by atoms with E-state index in [9.17, 15) is 9.90 Å². The average Bonchev–Trinajstić information content (AvgIpc) is 2.49. The van der Waals surface area contributed by atoms with Gasteiger partial charge in [-0.1, -0.05) is 18.2 Å². The Morgan fingerprint density at radius 1 is 1.31 bits per heavy atom. The minimum absolute atomic E-state index is 0.0642. The Balaban J connectivity index is 2.20. The highest BCUT2D eigenvalue weighted by atomic mass is 16.3. The largest absolute Gasteiger partial charge is 0.388 e. The van der Waals surface area contributed by atoms with Crippen LogP contribution in [0.1, 0.15) is 36.5 Å². The molecule has 84 valence electrons. The van der Waals surface area contributed by atoms with Gasteiger partial charge in [-0.25, -0.2) is 0 Å². The van der Waals surface area contributed by atoms with Crippen LogP contribution in [0.5, 0.6) is 0 Å². The smallest absolute Gasteiger partial charge is 0.229 e. The second-order valence-corrected chi connectivity index (χ2v) is 4.58. The number of hydrogen-bond donors (Lipinski definition) is 1. The summed E-state index contributed by atoms with van der Waals surface area (Å²) in [7, 11) is 0. The Hall–Kier alpha value is -1.35. The first kappa shape index (κ1) is 9.85. The minimum atomic E-state index is -0.614. The third-order valence-electron chi connectivity index (χ3n) is 3.53. The Labute approximate surface area is 94.7 Å². The first-order valence-corrected chi connectivity index (χ1v) is 5.87. The van der Waals surface area contributed by atoms with Crippen LogP contribution in [0.2, 0.25) is 0 Å². The molecule has 16 heavy (non-hydrogen) atoms. The molecule has 1 N–H and O–H groups in total. The Morgan fingerprint density at radius 2 is 2.19 bits per heavy atom. The van der Waals surface area contributed by atoms with Crippen LogP contribution in [-0.4, -0.2) is 17.6 Å². The van der Waals surface area contributed by atoms with Gasteiger partial charge in [0.05, 0.1) is 18.2 Å². The summed E-state index contributed by atoms with van der Waals surface area (Å²) in [5.41, 5.74) is 3.13. The van der Waals surface area contributed by atoms with Crippen LogP contribution < -0.4 is 4.90 Å². The molecule has 2 heterocycles. The molecule has 3 rings (SSSR count). The van der Waals surface area contributed by atoms with Crippen molar-refractivity contribution in [2.45, 2.75) is 31.8 Å². The quantitative estimate of drug-likeness (QED) is 0.719. The van der Waals surface area contributed by atoms with Crippen molar-refractivity contribution in [3.63, 3.8) is 0 Å². The molecule has 0 saturated heterocycles. The van der Waals surface area contributed by atoms with Gasteiger partial charge in [0, 0.05) is 12.1 Å². The molecule has 1 aromatic carbocycles. The molecule has 0 saturated carbocycles. The van der Waals surface area contributed by atoms with Crippen molar-refractivity contribution in [2.24, 2.45) is 0 Å². The number of anilines is 1. The fourth-order valence-electron chi connectivity index (χ4n) is 2.74. The van der Waals surface area contributed by atoms with Crippen LogP contribution in [0, 0.1) is 0 Å².